The molecule has 1 aliphatic rings. The van der Waals surface area contributed by atoms with Gasteiger partial charge < -0.3 is 54.0 Å². The highest BCUT2D eigenvalue weighted by molar-refractivity contribution is 5.96. The second kappa shape index (κ2) is 21.0. The van der Waals surface area contributed by atoms with Gasteiger partial charge in [-0.15, -0.1) is 0 Å². The number of carbonyl (C=O) groups is 6. The summed E-state index contributed by atoms with van der Waals surface area (Å²) in [6.07, 6.45) is 5.58. The van der Waals surface area contributed by atoms with E-state index in [0.29, 0.717) is 6.42 Å². The summed E-state index contributed by atoms with van der Waals surface area (Å²) in [7, 11) is 0. The van der Waals surface area contributed by atoms with Crippen LogP contribution in [0, 0.1) is 11.8 Å². The van der Waals surface area contributed by atoms with Crippen molar-refractivity contribution in [1.29, 1.82) is 0 Å². The standard InChI is InChI=1S/C30H55N9O8/c1-16(2)13-23(29(46)47)39-27(44)21(11-8-12-34-30(32)33)37-28(45)22(14-19-9-6-5-7-10-19)38-25(42)18(4)35-24(41)17(3)36-26(43)20(31)15-40/h16-23,40H,5-15,31H2,1-4H3,(H,35,41)(H,36,43)(H,37,45)(H,38,42)(H,39,44)(H,46,47)(H4,32,33,34)/t17-,18-,20-,21-,22-,23-/m0/s1. The largest absolute Gasteiger partial charge is 0.480 e. The maximum atomic E-state index is 13.7. The Morgan fingerprint density at radius 2 is 1.26 bits per heavy atom. The molecule has 17 heteroatoms. The normalized spacial score (nSPS) is 17.2. The zero-order valence-corrected chi connectivity index (χ0v) is 27.9. The molecule has 1 fully saturated rings. The van der Waals surface area contributed by atoms with Gasteiger partial charge in [0.2, 0.25) is 29.5 Å². The predicted octanol–water partition coefficient (Wildman–Crippen LogP) is -2.08. The number of nitrogens with two attached hydrogens (primary N) is 3. The number of aliphatic hydroxyl groups excluding tert-OH is 1. The van der Waals surface area contributed by atoms with E-state index in [2.05, 4.69) is 31.6 Å². The smallest absolute Gasteiger partial charge is 0.326 e. The first-order valence-electron chi connectivity index (χ1n) is 16.2. The maximum Gasteiger partial charge on any atom is 0.326 e. The van der Waals surface area contributed by atoms with E-state index in [4.69, 9.17) is 22.3 Å². The van der Waals surface area contributed by atoms with Crippen LogP contribution in [0.25, 0.3) is 0 Å². The fourth-order valence-corrected chi connectivity index (χ4v) is 5.17. The lowest BCUT2D eigenvalue weighted by molar-refractivity contribution is -0.143. The molecule has 1 saturated carbocycles. The number of rotatable bonds is 20. The Kier molecular flexibility index (Phi) is 18.3. The predicted molar refractivity (Wildman–Crippen MR) is 174 cm³/mol. The highest BCUT2D eigenvalue weighted by Crippen LogP contribution is 2.27. The monoisotopic (exact) mass is 669 g/mol. The number of aliphatic imine (C=N–C) groups is 1. The first-order chi connectivity index (χ1) is 22.0. The molecule has 0 aromatic carbocycles. The number of carbonyl (C=O) groups excluding carboxylic acids is 5. The molecule has 17 nitrogen and oxygen atoms in total. The van der Waals surface area contributed by atoms with Crippen LogP contribution in [0.2, 0.25) is 0 Å². The first kappa shape index (κ1) is 41.0. The molecule has 268 valence electrons. The Hall–Kier alpha value is -3.99. The Bertz CT molecular complexity index is 1090. The van der Waals surface area contributed by atoms with Gasteiger partial charge in [0.25, 0.3) is 0 Å². The summed E-state index contributed by atoms with van der Waals surface area (Å²) in [4.78, 5) is 80.5. The second-order valence-electron chi connectivity index (χ2n) is 12.6. The number of amides is 5. The minimum atomic E-state index is -1.22. The van der Waals surface area contributed by atoms with E-state index >= 15 is 0 Å². The number of aliphatic hydroxyl groups is 1. The van der Waals surface area contributed by atoms with Crippen LogP contribution in [0.3, 0.4) is 0 Å². The zero-order chi connectivity index (χ0) is 35.7. The molecule has 0 saturated heterocycles. The maximum absolute atomic E-state index is 13.7. The third-order valence-corrected chi connectivity index (χ3v) is 7.86. The molecular formula is C30H55N9O8. The molecule has 0 bridgehead atoms. The molecule has 13 N–H and O–H groups in total. The van der Waals surface area contributed by atoms with Crippen molar-refractivity contribution >= 4 is 41.5 Å². The fraction of sp³-hybridized carbons (Fsp3) is 0.767. The molecule has 0 spiro atoms. The molecule has 0 radical (unpaired) electrons. The first-order valence-corrected chi connectivity index (χ1v) is 16.2. The lowest BCUT2D eigenvalue weighted by atomic mass is 9.84. The SMILES string of the molecule is CC(C)C[C@H](NC(=O)[C@H](CCCN=C(N)N)NC(=O)[C@H](CC1CCCCC1)NC(=O)[C@H](C)NC(=O)[C@H](C)NC(=O)[C@@H](N)CO)C(=O)O. The summed E-state index contributed by atoms with van der Waals surface area (Å²) in [6, 6.07) is -6.78. The fourth-order valence-electron chi connectivity index (χ4n) is 5.17. The number of nitrogens with zero attached hydrogens (tertiary/aromatic N) is 1. The van der Waals surface area contributed by atoms with Gasteiger partial charge in [-0.1, -0.05) is 46.0 Å². The molecule has 0 aliphatic heterocycles. The topological polar surface area (TPSA) is 293 Å². The third-order valence-electron chi connectivity index (χ3n) is 7.86. The van der Waals surface area contributed by atoms with Gasteiger partial charge in [0.1, 0.15) is 36.3 Å². The van der Waals surface area contributed by atoms with E-state index in [1.807, 2.05) is 13.8 Å². The minimum Gasteiger partial charge on any atom is -0.480 e. The number of carboxylic acid groups (broad SMARTS) is 1. The van der Waals surface area contributed by atoms with E-state index < -0.39 is 78.4 Å². The Labute approximate surface area is 276 Å². The molecule has 0 unspecified atom stereocenters. The van der Waals surface area contributed by atoms with Gasteiger partial charge in [0.05, 0.1) is 6.61 Å². The van der Waals surface area contributed by atoms with E-state index in [-0.39, 0.29) is 43.6 Å². The van der Waals surface area contributed by atoms with Crippen molar-refractivity contribution in [3.8, 4) is 0 Å². The minimum absolute atomic E-state index is 0.0266. The van der Waals surface area contributed by atoms with Crippen molar-refractivity contribution in [2.45, 2.75) is 122 Å². The molecule has 0 aromatic rings. The van der Waals surface area contributed by atoms with Gasteiger partial charge in [0, 0.05) is 6.54 Å². The van der Waals surface area contributed by atoms with Crippen molar-refractivity contribution in [3.05, 3.63) is 0 Å². The number of nitrogens with one attached hydrogen (secondary N) is 5. The van der Waals surface area contributed by atoms with Gasteiger partial charge in [-0.05, 0) is 51.4 Å². The third kappa shape index (κ3) is 15.9. The summed E-state index contributed by atoms with van der Waals surface area (Å²) in [6.45, 7) is 6.00. The number of carboxylic acids is 1. The Balaban J connectivity index is 3.12. The van der Waals surface area contributed by atoms with Crippen LogP contribution in [0.15, 0.2) is 4.99 Å². The van der Waals surface area contributed by atoms with Gasteiger partial charge in [-0.25, -0.2) is 4.79 Å². The number of hydrogen-bond acceptors (Lipinski definition) is 9. The van der Waals surface area contributed by atoms with Crippen molar-refractivity contribution in [1.82, 2.24) is 26.6 Å². The van der Waals surface area contributed by atoms with Crippen LogP contribution in [-0.4, -0.2) is 101 Å². The van der Waals surface area contributed by atoms with Crippen LogP contribution < -0.4 is 43.8 Å². The Morgan fingerprint density at radius 3 is 1.79 bits per heavy atom. The number of guanidine groups is 1. The average molecular weight is 670 g/mol. The molecule has 5 amide bonds. The average Bonchev–Trinajstić information content (AvgIpc) is 3.00. The molecule has 0 heterocycles. The lowest BCUT2D eigenvalue weighted by Gasteiger charge is -2.29. The van der Waals surface area contributed by atoms with Crippen LogP contribution in [0.1, 0.15) is 85.5 Å². The number of hydrogen-bond donors (Lipinski definition) is 10. The van der Waals surface area contributed by atoms with E-state index in [9.17, 15) is 33.9 Å². The van der Waals surface area contributed by atoms with Crippen LogP contribution >= 0.6 is 0 Å². The number of aliphatic carboxylic acids is 1. The summed E-state index contributed by atoms with van der Waals surface area (Å²) < 4.78 is 0. The highest BCUT2D eigenvalue weighted by Gasteiger charge is 2.32. The van der Waals surface area contributed by atoms with E-state index in [1.54, 1.807) is 0 Å². The van der Waals surface area contributed by atoms with Gasteiger partial charge in [-0.2, -0.15) is 0 Å². The van der Waals surface area contributed by atoms with Crippen LogP contribution in [0.4, 0.5) is 0 Å². The summed E-state index contributed by atoms with van der Waals surface area (Å²) in [5.74, 6) is -4.68. The van der Waals surface area contributed by atoms with E-state index in [1.165, 1.54) is 13.8 Å². The van der Waals surface area contributed by atoms with E-state index in [0.717, 1.165) is 32.1 Å². The molecular weight excluding hydrogens is 614 g/mol. The lowest BCUT2D eigenvalue weighted by Crippen LogP contribution is -2.58. The quantitative estimate of drug-likeness (QED) is 0.0381. The molecule has 1 rings (SSSR count). The van der Waals surface area contributed by atoms with Crippen molar-refractivity contribution < 1.29 is 39.0 Å². The zero-order valence-electron chi connectivity index (χ0n) is 27.9. The molecule has 0 aromatic heterocycles. The van der Waals surface area contributed by atoms with Crippen LogP contribution in [0.5, 0.6) is 0 Å². The summed E-state index contributed by atoms with van der Waals surface area (Å²) in [5, 5.41) is 31.4. The summed E-state index contributed by atoms with van der Waals surface area (Å²) >= 11 is 0. The van der Waals surface area contributed by atoms with Gasteiger partial charge in [0.15, 0.2) is 5.96 Å². The molecule has 1 aliphatic carbocycles. The molecule has 6 atom stereocenters. The van der Waals surface area contributed by atoms with Crippen molar-refractivity contribution in [3.63, 3.8) is 0 Å². The summed E-state index contributed by atoms with van der Waals surface area (Å²) in [5.41, 5.74) is 16.3. The van der Waals surface area contributed by atoms with Crippen LogP contribution in [-0.2, 0) is 28.8 Å². The second-order valence-corrected chi connectivity index (χ2v) is 12.6. The van der Waals surface area contributed by atoms with Gasteiger partial charge in [-0.3, -0.25) is 29.0 Å². The Morgan fingerprint density at radius 1 is 0.745 bits per heavy atom. The highest BCUT2D eigenvalue weighted by atomic mass is 16.4. The molecule has 47 heavy (non-hydrogen) atoms. The van der Waals surface area contributed by atoms with Crippen molar-refractivity contribution in [2.75, 3.05) is 13.2 Å². The van der Waals surface area contributed by atoms with Crippen molar-refractivity contribution in [2.24, 2.45) is 34.0 Å². The van der Waals surface area contributed by atoms with Gasteiger partial charge >= 0.3 is 5.97 Å².